The number of fused-ring (bicyclic) bond motifs is 5. The van der Waals surface area contributed by atoms with Crippen LogP contribution in [-0.4, -0.2) is 12.4 Å². The number of aromatic nitrogens is 1. The first kappa shape index (κ1) is 16.7. The molecule has 0 bridgehead atoms. The van der Waals surface area contributed by atoms with Gasteiger partial charge in [-0.05, 0) is 46.5 Å². The van der Waals surface area contributed by atoms with E-state index >= 15 is 0 Å². The summed E-state index contributed by atoms with van der Waals surface area (Å²) < 4.78 is 2.48. The van der Waals surface area contributed by atoms with Crippen LogP contribution in [0.15, 0.2) is 84.9 Å². The molecule has 4 aromatic carbocycles. The van der Waals surface area contributed by atoms with Gasteiger partial charge in [-0.2, -0.15) is 0 Å². The van der Waals surface area contributed by atoms with Crippen LogP contribution in [0.3, 0.4) is 0 Å². The lowest BCUT2D eigenvalue weighted by Crippen LogP contribution is -2.26. The molecule has 1 nitrogen and oxygen atoms in total. The molecule has 0 saturated carbocycles. The van der Waals surface area contributed by atoms with Crippen molar-refractivity contribution >= 4 is 35.1 Å². The molecule has 1 aliphatic heterocycles. The molecule has 0 spiro atoms. The van der Waals surface area contributed by atoms with E-state index in [1.807, 2.05) is 0 Å². The van der Waals surface area contributed by atoms with E-state index < -0.39 is 0 Å². The number of hydrogen-bond donors (Lipinski definition) is 0. The minimum absolute atomic E-state index is 0.0565. The van der Waals surface area contributed by atoms with Gasteiger partial charge in [-0.25, -0.2) is 0 Å². The first-order valence-corrected chi connectivity index (χ1v) is 10.3. The van der Waals surface area contributed by atoms with Crippen LogP contribution in [0.5, 0.6) is 0 Å². The molecule has 0 fully saturated rings. The molecule has 0 atom stereocenters. The minimum Gasteiger partial charge on any atom is -0.309 e. The molecule has 1 aromatic heterocycles. The van der Waals surface area contributed by atoms with E-state index in [0.29, 0.717) is 0 Å². The van der Waals surface area contributed by atoms with Gasteiger partial charge in [-0.15, -0.1) is 0 Å². The van der Waals surface area contributed by atoms with Gasteiger partial charge in [0, 0.05) is 16.2 Å². The molecule has 0 aliphatic carbocycles. The molecule has 0 N–H and O–H groups in total. The van der Waals surface area contributed by atoms with Crippen molar-refractivity contribution in [3.63, 3.8) is 0 Å². The summed E-state index contributed by atoms with van der Waals surface area (Å²) in [5, 5.41) is 2.69. The van der Waals surface area contributed by atoms with Crippen molar-refractivity contribution in [3.05, 3.63) is 96.1 Å². The monoisotopic (exact) mass is 371 g/mol. The zero-order valence-electron chi connectivity index (χ0n) is 17.0. The van der Waals surface area contributed by atoms with Crippen LogP contribution in [0, 0.1) is 0 Å². The summed E-state index contributed by atoms with van der Waals surface area (Å²) in [6.45, 7) is 4.73. The van der Waals surface area contributed by atoms with Gasteiger partial charge in [0.25, 0.3) is 0 Å². The van der Waals surface area contributed by atoms with Crippen LogP contribution in [0.25, 0.3) is 38.6 Å². The third kappa shape index (κ3) is 2.17. The van der Waals surface area contributed by atoms with Gasteiger partial charge in [0.15, 0.2) is 0 Å². The molecular weight excluding hydrogens is 349 g/mol. The van der Waals surface area contributed by atoms with Gasteiger partial charge in [-0.1, -0.05) is 80.0 Å². The Hall–Kier alpha value is -3.26. The predicted molar refractivity (Wildman–Crippen MR) is 127 cm³/mol. The molecular formula is C27H22BN. The first-order chi connectivity index (χ1) is 14.1. The summed E-state index contributed by atoms with van der Waals surface area (Å²) >= 11 is 0. The fourth-order valence-electron chi connectivity index (χ4n) is 5.13. The SMILES string of the molecule is Bc1ccc2c(c1)c1cc(-c3ccccc3)cc3c1n2-c1ccccc1C3(C)C. The normalized spacial score (nSPS) is 14.3. The van der Waals surface area contributed by atoms with Crippen molar-refractivity contribution in [3.8, 4) is 16.8 Å². The lowest BCUT2D eigenvalue weighted by atomic mass is 9.74. The Bertz CT molecular complexity index is 1420. The standard InChI is InChI=1S/C27H22BN/c1-27(2)22-10-6-7-11-25(22)29-24-13-12-19(28)16-20(24)21-14-18(15-23(27)26(21)29)17-8-4-3-5-9-17/h3-16H,28H2,1-2H3. The predicted octanol–water partition coefficient (Wildman–Crippen LogP) is 5.35. The Kier molecular flexibility index (Phi) is 3.24. The van der Waals surface area contributed by atoms with Crippen molar-refractivity contribution in [1.29, 1.82) is 0 Å². The Balaban J connectivity index is 1.86. The molecule has 5 aromatic rings. The van der Waals surface area contributed by atoms with Crippen molar-refractivity contribution in [2.24, 2.45) is 0 Å². The van der Waals surface area contributed by atoms with Crippen LogP contribution in [0.2, 0.25) is 0 Å². The van der Waals surface area contributed by atoms with Crippen molar-refractivity contribution in [1.82, 2.24) is 4.57 Å². The maximum Gasteiger partial charge on any atom is 0.139 e. The minimum atomic E-state index is -0.0565. The molecule has 0 radical (unpaired) electrons. The molecule has 1 aliphatic rings. The van der Waals surface area contributed by atoms with E-state index in [9.17, 15) is 0 Å². The molecule has 29 heavy (non-hydrogen) atoms. The van der Waals surface area contributed by atoms with E-state index in [2.05, 4.69) is 111 Å². The largest absolute Gasteiger partial charge is 0.309 e. The average molecular weight is 371 g/mol. The first-order valence-electron chi connectivity index (χ1n) is 10.3. The number of rotatable bonds is 1. The Morgan fingerprint density at radius 1 is 0.690 bits per heavy atom. The average Bonchev–Trinajstić information content (AvgIpc) is 3.06. The molecule has 0 amide bonds. The van der Waals surface area contributed by atoms with Gasteiger partial charge in [0.2, 0.25) is 0 Å². The molecule has 0 unspecified atom stereocenters. The highest BCUT2D eigenvalue weighted by atomic mass is 15.0. The van der Waals surface area contributed by atoms with Crippen molar-refractivity contribution in [2.45, 2.75) is 19.3 Å². The molecule has 2 heterocycles. The maximum absolute atomic E-state index is 2.48. The lowest BCUT2D eigenvalue weighted by molar-refractivity contribution is 0.630. The number of benzene rings is 4. The quantitative estimate of drug-likeness (QED) is 0.350. The van der Waals surface area contributed by atoms with Crippen LogP contribution < -0.4 is 5.46 Å². The molecule has 6 rings (SSSR count). The van der Waals surface area contributed by atoms with Crippen molar-refractivity contribution < 1.29 is 0 Å². The summed E-state index contributed by atoms with van der Waals surface area (Å²) in [5.41, 5.74) is 10.6. The highest BCUT2D eigenvalue weighted by Gasteiger charge is 2.35. The maximum atomic E-state index is 2.48. The van der Waals surface area contributed by atoms with Crippen LogP contribution >= 0.6 is 0 Å². The second-order valence-corrected chi connectivity index (χ2v) is 8.78. The summed E-state index contributed by atoms with van der Waals surface area (Å²) in [6, 6.07) is 31.3. The summed E-state index contributed by atoms with van der Waals surface area (Å²) in [5.74, 6) is 0. The second kappa shape index (κ2) is 5.64. The zero-order valence-corrected chi connectivity index (χ0v) is 17.0. The van der Waals surface area contributed by atoms with Gasteiger partial charge in [-0.3, -0.25) is 0 Å². The zero-order chi connectivity index (χ0) is 19.8. The fourth-order valence-corrected chi connectivity index (χ4v) is 5.13. The molecule has 2 heteroatoms. The highest BCUT2D eigenvalue weighted by molar-refractivity contribution is 6.34. The Labute approximate surface area is 172 Å². The summed E-state index contributed by atoms with van der Waals surface area (Å²) in [4.78, 5) is 0. The fraction of sp³-hybridized carbons (Fsp3) is 0.111. The van der Waals surface area contributed by atoms with Crippen LogP contribution in [-0.2, 0) is 5.41 Å². The smallest absolute Gasteiger partial charge is 0.139 e. The second-order valence-electron chi connectivity index (χ2n) is 8.78. The number of hydrogen-bond acceptors (Lipinski definition) is 0. The van der Waals surface area contributed by atoms with E-state index in [1.165, 1.54) is 55.2 Å². The third-order valence-electron chi connectivity index (χ3n) is 6.62. The number of nitrogens with zero attached hydrogens (tertiary/aromatic N) is 1. The Morgan fingerprint density at radius 2 is 1.45 bits per heavy atom. The van der Waals surface area contributed by atoms with E-state index in [4.69, 9.17) is 0 Å². The summed E-state index contributed by atoms with van der Waals surface area (Å²) in [7, 11) is 2.18. The van der Waals surface area contributed by atoms with E-state index in [0.717, 1.165) is 0 Å². The van der Waals surface area contributed by atoms with Crippen molar-refractivity contribution in [2.75, 3.05) is 0 Å². The van der Waals surface area contributed by atoms with Gasteiger partial charge in [0.05, 0.1) is 16.7 Å². The third-order valence-corrected chi connectivity index (χ3v) is 6.62. The molecule has 138 valence electrons. The number of para-hydroxylation sites is 1. The van der Waals surface area contributed by atoms with Gasteiger partial charge >= 0.3 is 0 Å². The van der Waals surface area contributed by atoms with E-state index in [-0.39, 0.29) is 5.41 Å². The highest BCUT2D eigenvalue weighted by Crippen LogP contribution is 2.48. The Morgan fingerprint density at radius 3 is 2.28 bits per heavy atom. The van der Waals surface area contributed by atoms with Gasteiger partial charge in [0.1, 0.15) is 7.85 Å². The van der Waals surface area contributed by atoms with Crippen LogP contribution in [0.1, 0.15) is 25.0 Å². The summed E-state index contributed by atoms with van der Waals surface area (Å²) in [6.07, 6.45) is 0. The van der Waals surface area contributed by atoms with Gasteiger partial charge < -0.3 is 4.57 Å². The molecule has 0 saturated heterocycles. The van der Waals surface area contributed by atoms with E-state index in [1.54, 1.807) is 0 Å². The lowest BCUT2D eigenvalue weighted by Gasteiger charge is -2.35. The topological polar surface area (TPSA) is 4.93 Å². The van der Waals surface area contributed by atoms with Crippen LogP contribution in [0.4, 0.5) is 0 Å².